The number of Topliss-reactive ketones (excluding diaryl/α,β-unsaturated/α-hetero) is 1. The Bertz CT molecular complexity index is 423. The standard InChI is InChI=1S/C14H19F2NO/c1-5-14(2,3)17(4)9-12(18)13-10(15)7-6-8-11(13)16/h6-8H,5,9H2,1-4H3. The smallest absolute Gasteiger partial charge is 0.182 e. The van der Waals surface area contributed by atoms with Gasteiger partial charge in [-0.05, 0) is 39.4 Å². The van der Waals surface area contributed by atoms with Gasteiger partial charge >= 0.3 is 0 Å². The highest BCUT2D eigenvalue weighted by Gasteiger charge is 2.25. The zero-order valence-electron chi connectivity index (χ0n) is 11.3. The van der Waals surface area contributed by atoms with Crippen LogP contribution < -0.4 is 0 Å². The van der Waals surface area contributed by atoms with Gasteiger partial charge in [0.2, 0.25) is 0 Å². The molecule has 0 amide bonds. The van der Waals surface area contributed by atoms with Crippen molar-refractivity contribution in [2.75, 3.05) is 13.6 Å². The van der Waals surface area contributed by atoms with E-state index >= 15 is 0 Å². The van der Waals surface area contributed by atoms with Gasteiger partial charge in [0.1, 0.15) is 11.6 Å². The summed E-state index contributed by atoms with van der Waals surface area (Å²) in [7, 11) is 1.78. The average molecular weight is 255 g/mol. The van der Waals surface area contributed by atoms with Crippen LogP contribution in [0, 0.1) is 11.6 Å². The lowest BCUT2D eigenvalue weighted by atomic mass is 9.99. The zero-order valence-corrected chi connectivity index (χ0v) is 11.3. The molecule has 0 unspecified atom stereocenters. The molecule has 0 heterocycles. The zero-order chi connectivity index (χ0) is 13.9. The van der Waals surface area contributed by atoms with Crippen molar-refractivity contribution < 1.29 is 13.6 Å². The van der Waals surface area contributed by atoms with E-state index < -0.39 is 23.0 Å². The van der Waals surface area contributed by atoms with Crippen molar-refractivity contribution in [1.29, 1.82) is 0 Å². The third-order valence-electron chi connectivity index (χ3n) is 3.52. The molecule has 1 aromatic rings. The van der Waals surface area contributed by atoms with Gasteiger partial charge < -0.3 is 0 Å². The fourth-order valence-corrected chi connectivity index (χ4v) is 1.54. The Balaban J connectivity index is 2.90. The van der Waals surface area contributed by atoms with E-state index in [2.05, 4.69) is 0 Å². The van der Waals surface area contributed by atoms with Gasteiger partial charge in [-0.2, -0.15) is 0 Å². The summed E-state index contributed by atoms with van der Waals surface area (Å²) in [5.74, 6) is -2.14. The molecule has 0 saturated carbocycles. The van der Waals surface area contributed by atoms with Crippen LogP contribution in [0.5, 0.6) is 0 Å². The summed E-state index contributed by atoms with van der Waals surface area (Å²) in [5.41, 5.74) is -0.631. The van der Waals surface area contributed by atoms with Gasteiger partial charge in [-0.25, -0.2) is 8.78 Å². The number of likely N-dealkylation sites (N-methyl/N-ethyl adjacent to an activating group) is 1. The van der Waals surface area contributed by atoms with E-state index in [1.54, 1.807) is 11.9 Å². The fraction of sp³-hybridized carbons (Fsp3) is 0.500. The van der Waals surface area contributed by atoms with E-state index in [4.69, 9.17) is 0 Å². The highest BCUT2D eigenvalue weighted by Crippen LogP contribution is 2.18. The number of carbonyl (C=O) groups excluding carboxylic acids is 1. The Hall–Kier alpha value is -1.29. The van der Waals surface area contributed by atoms with E-state index in [9.17, 15) is 13.6 Å². The van der Waals surface area contributed by atoms with Crippen LogP contribution >= 0.6 is 0 Å². The molecule has 18 heavy (non-hydrogen) atoms. The summed E-state index contributed by atoms with van der Waals surface area (Å²) in [6.07, 6.45) is 0.844. The van der Waals surface area contributed by atoms with Gasteiger partial charge in [-0.1, -0.05) is 13.0 Å². The second kappa shape index (κ2) is 5.57. The largest absolute Gasteiger partial charge is 0.294 e. The number of nitrogens with zero attached hydrogens (tertiary/aromatic N) is 1. The molecule has 0 spiro atoms. The van der Waals surface area contributed by atoms with Crippen molar-refractivity contribution in [3.8, 4) is 0 Å². The van der Waals surface area contributed by atoms with Crippen LogP contribution in [0.2, 0.25) is 0 Å². The molecule has 0 aliphatic carbocycles. The second-order valence-corrected chi connectivity index (χ2v) is 5.04. The van der Waals surface area contributed by atoms with E-state index in [-0.39, 0.29) is 12.1 Å². The van der Waals surface area contributed by atoms with Gasteiger partial charge in [0.15, 0.2) is 5.78 Å². The number of carbonyl (C=O) groups is 1. The molecule has 0 aliphatic rings. The molecule has 0 aliphatic heterocycles. The summed E-state index contributed by atoms with van der Waals surface area (Å²) in [6, 6.07) is 3.45. The van der Waals surface area contributed by atoms with Crippen molar-refractivity contribution in [2.45, 2.75) is 32.7 Å². The summed E-state index contributed by atoms with van der Waals surface area (Å²) in [5, 5.41) is 0. The third kappa shape index (κ3) is 3.13. The molecule has 4 heteroatoms. The molecule has 2 nitrogen and oxygen atoms in total. The maximum Gasteiger partial charge on any atom is 0.182 e. The molecule has 0 bridgehead atoms. The number of rotatable bonds is 5. The van der Waals surface area contributed by atoms with Crippen molar-refractivity contribution in [2.24, 2.45) is 0 Å². The lowest BCUT2D eigenvalue weighted by Crippen LogP contribution is -2.43. The molecule has 0 fully saturated rings. The number of hydrogen-bond donors (Lipinski definition) is 0. The first-order valence-corrected chi connectivity index (χ1v) is 5.98. The van der Waals surface area contributed by atoms with Crippen LogP contribution in [0.25, 0.3) is 0 Å². The lowest BCUT2D eigenvalue weighted by Gasteiger charge is -2.34. The maximum absolute atomic E-state index is 13.5. The summed E-state index contributed by atoms with van der Waals surface area (Å²) < 4.78 is 26.9. The lowest BCUT2D eigenvalue weighted by molar-refractivity contribution is 0.0839. The SMILES string of the molecule is CCC(C)(C)N(C)CC(=O)c1c(F)cccc1F. The van der Waals surface area contributed by atoms with Gasteiger partial charge in [0.05, 0.1) is 12.1 Å². The van der Waals surface area contributed by atoms with Gasteiger partial charge in [0, 0.05) is 5.54 Å². The first-order valence-electron chi connectivity index (χ1n) is 5.98. The topological polar surface area (TPSA) is 20.3 Å². The Morgan fingerprint density at radius 2 is 1.78 bits per heavy atom. The minimum absolute atomic E-state index is 0.00130. The summed E-state index contributed by atoms with van der Waals surface area (Å²) in [6.45, 7) is 5.97. The van der Waals surface area contributed by atoms with Crippen molar-refractivity contribution in [1.82, 2.24) is 4.90 Å². The first-order chi connectivity index (χ1) is 8.29. The van der Waals surface area contributed by atoms with Gasteiger partial charge in [-0.15, -0.1) is 0 Å². The van der Waals surface area contributed by atoms with Crippen molar-refractivity contribution >= 4 is 5.78 Å². The van der Waals surface area contributed by atoms with E-state index in [1.807, 2.05) is 20.8 Å². The highest BCUT2D eigenvalue weighted by atomic mass is 19.1. The highest BCUT2D eigenvalue weighted by molar-refractivity contribution is 5.98. The molecule has 0 radical (unpaired) electrons. The Labute approximate surface area is 107 Å². The van der Waals surface area contributed by atoms with Crippen LogP contribution in [0.15, 0.2) is 18.2 Å². The van der Waals surface area contributed by atoms with Crippen LogP contribution in [-0.4, -0.2) is 29.8 Å². The molecule has 0 atom stereocenters. The quantitative estimate of drug-likeness (QED) is 0.753. The number of hydrogen-bond acceptors (Lipinski definition) is 2. The van der Waals surface area contributed by atoms with Gasteiger partial charge in [-0.3, -0.25) is 9.69 Å². The Kier molecular flexibility index (Phi) is 4.57. The van der Waals surface area contributed by atoms with E-state index in [1.165, 1.54) is 6.07 Å². The van der Waals surface area contributed by atoms with Crippen molar-refractivity contribution in [3.05, 3.63) is 35.4 Å². The van der Waals surface area contributed by atoms with Crippen molar-refractivity contribution in [3.63, 3.8) is 0 Å². The van der Waals surface area contributed by atoms with Crippen LogP contribution in [0.4, 0.5) is 8.78 Å². The summed E-state index contributed by atoms with van der Waals surface area (Å²) in [4.78, 5) is 13.7. The molecule has 0 aromatic heterocycles. The predicted octanol–water partition coefficient (Wildman–Crippen LogP) is 3.27. The third-order valence-corrected chi connectivity index (χ3v) is 3.52. The first kappa shape index (κ1) is 14.8. The molecular formula is C14H19F2NO. The van der Waals surface area contributed by atoms with E-state index in [0.717, 1.165) is 18.6 Å². The Morgan fingerprint density at radius 1 is 1.28 bits per heavy atom. The van der Waals surface area contributed by atoms with Gasteiger partial charge in [0.25, 0.3) is 0 Å². The number of ketones is 1. The molecule has 0 N–H and O–H groups in total. The fourth-order valence-electron chi connectivity index (χ4n) is 1.54. The van der Waals surface area contributed by atoms with E-state index in [0.29, 0.717) is 0 Å². The molecule has 1 rings (SSSR count). The van der Waals surface area contributed by atoms with Crippen LogP contribution in [0.3, 0.4) is 0 Å². The molecule has 100 valence electrons. The molecular weight excluding hydrogens is 236 g/mol. The second-order valence-electron chi connectivity index (χ2n) is 5.04. The van der Waals surface area contributed by atoms with Crippen LogP contribution in [-0.2, 0) is 0 Å². The maximum atomic E-state index is 13.5. The minimum atomic E-state index is -0.803. The monoisotopic (exact) mass is 255 g/mol. The predicted molar refractivity (Wildman–Crippen MR) is 67.7 cm³/mol. The number of halogens is 2. The molecule has 0 saturated heterocycles. The molecule has 1 aromatic carbocycles. The Morgan fingerprint density at radius 3 is 2.22 bits per heavy atom. The number of benzene rings is 1. The minimum Gasteiger partial charge on any atom is -0.294 e. The summed E-state index contributed by atoms with van der Waals surface area (Å²) >= 11 is 0. The average Bonchev–Trinajstić information content (AvgIpc) is 2.28. The normalized spacial score (nSPS) is 11.9. The van der Waals surface area contributed by atoms with Crippen LogP contribution in [0.1, 0.15) is 37.6 Å².